The molecule has 2 aromatic rings. The van der Waals surface area contributed by atoms with Gasteiger partial charge in [0.05, 0.1) is 16.6 Å². The molecule has 1 atom stereocenters. The maximum atomic E-state index is 12.9. The summed E-state index contributed by atoms with van der Waals surface area (Å²) in [6.07, 6.45) is 3.52. The number of thiazole rings is 1. The predicted octanol–water partition coefficient (Wildman–Crippen LogP) is 3.96. The number of carbonyl (C=O) groups excluding carboxylic acids is 1. The van der Waals surface area contributed by atoms with Crippen molar-refractivity contribution in [2.75, 3.05) is 6.26 Å². The van der Waals surface area contributed by atoms with Crippen molar-refractivity contribution < 1.29 is 13.2 Å². The Morgan fingerprint density at radius 2 is 1.78 bits per heavy atom. The molecule has 7 heteroatoms. The molecule has 1 aliphatic rings. The van der Waals surface area contributed by atoms with E-state index in [1.54, 1.807) is 11.3 Å². The zero-order valence-electron chi connectivity index (χ0n) is 16.2. The molecule has 5 nitrogen and oxygen atoms in total. The largest absolute Gasteiger partial charge is 0.347 e. The third-order valence-corrected chi connectivity index (χ3v) is 8.81. The van der Waals surface area contributed by atoms with E-state index in [0.29, 0.717) is 12.8 Å². The van der Waals surface area contributed by atoms with E-state index in [4.69, 9.17) is 0 Å². The third-order valence-electron chi connectivity index (χ3n) is 5.41. The van der Waals surface area contributed by atoms with Gasteiger partial charge in [0.1, 0.15) is 9.75 Å². The van der Waals surface area contributed by atoms with Crippen molar-refractivity contribution in [2.45, 2.75) is 57.2 Å². The van der Waals surface area contributed by atoms with Crippen molar-refractivity contribution in [1.82, 2.24) is 10.3 Å². The van der Waals surface area contributed by atoms with Crippen LogP contribution >= 0.6 is 11.3 Å². The van der Waals surface area contributed by atoms with Crippen LogP contribution < -0.4 is 5.32 Å². The fraction of sp³-hybridized carbons (Fsp3) is 0.500. The lowest BCUT2D eigenvalue weighted by Gasteiger charge is -2.27. The van der Waals surface area contributed by atoms with Gasteiger partial charge in [-0.2, -0.15) is 0 Å². The molecule has 3 rings (SSSR count). The highest BCUT2D eigenvalue weighted by atomic mass is 32.2. The number of aryl methyl sites for hydroxylation is 2. The van der Waals surface area contributed by atoms with E-state index in [-0.39, 0.29) is 11.9 Å². The zero-order chi connectivity index (χ0) is 19.8. The minimum absolute atomic E-state index is 0.284. The van der Waals surface area contributed by atoms with Crippen molar-refractivity contribution in [3.8, 4) is 10.6 Å². The fourth-order valence-electron chi connectivity index (χ4n) is 3.74. The predicted molar refractivity (Wildman–Crippen MR) is 110 cm³/mol. The summed E-state index contributed by atoms with van der Waals surface area (Å²) >= 11 is 1.54. The highest BCUT2D eigenvalue weighted by Gasteiger charge is 2.50. The minimum Gasteiger partial charge on any atom is -0.347 e. The molecule has 1 fully saturated rings. The van der Waals surface area contributed by atoms with Crippen molar-refractivity contribution in [3.05, 3.63) is 40.4 Å². The summed E-state index contributed by atoms with van der Waals surface area (Å²) in [4.78, 5) is 18.5. The molecule has 0 spiro atoms. The molecule has 1 amide bonds. The SMILES string of the molecule is Cc1ccc(-c2nc(C)c(C(C)NC(=O)C3(S(C)(=O)=O)CCCC3)s2)cc1. The molecule has 1 aromatic carbocycles. The summed E-state index contributed by atoms with van der Waals surface area (Å²) in [6, 6.07) is 7.89. The maximum Gasteiger partial charge on any atom is 0.241 e. The van der Waals surface area contributed by atoms with Crippen LogP contribution in [0.1, 0.15) is 54.8 Å². The Labute approximate surface area is 165 Å². The molecule has 0 saturated heterocycles. The average Bonchev–Trinajstić information content (AvgIpc) is 3.22. The first-order valence-corrected chi connectivity index (χ1v) is 11.9. The second kappa shape index (κ2) is 7.36. The highest BCUT2D eigenvalue weighted by molar-refractivity contribution is 7.92. The lowest BCUT2D eigenvalue weighted by molar-refractivity contribution is -0.124. The molecule has 1 aliphatic carbocycles. The summed E-state index contributed by atoms with van der Waals surface area (Å²) in [5, 5.41) is 3.86. The first-order valence-electron chi connectivity index (χ1n) is 9.19. The summed E-state index contributed by atoms with van der Waals surface area (Å²) in [5.41, 5.74) is 3.10. The van der Waals surface area contributed by atoms with Crippen LogP contribution in [-0.4, -0.2) is 30.3 Å². The summed E-state index contributed by atoms with van der Waals surface area (Å²) in [5.74, 6) is -0.375. The van der Waals surface area contributed by atoms with Gasteiger partial charge in [0, 0.05) is 11.8 Å². The molecule has 27 heavy (non-hydrogen) atoms. The lowest BCUT2D eigenvalue weighted by atomic mass is 10.1. The molecule has 146 valence electrons. The van der Waals surface area contributed by atoms with E-state index < -0.39 is 14.6 Å². The Bertz CT molecular complexity index is 940. The molecule has 1 aromatic heterocycles. The van der Waals surface area contributed by atoms with Gasteiger partial charge in [-0.3, -0.25) is 4.79 Å². The minimum atomic E-state index is -3.47. The van der Waals surface area contributed by atoms with Crippen molar-refractivity contribution in [2.24, 2.45) is 0 Å². The number of hydrogen-bond donors (Lipinski definition) is 1. The Kier molecular flexibility index (Phi) is 5.45. The van der Waals surface area contributed by atoms with Crippen molar-refractivity contribution in [1.29, 1.82) is 0 Å². The Hall–Kier alpha value is -1.73. The van der Waals surface area contributed by atoms with Crippen LogP contribution in [0.15, 0.2) is 24.3 Å². The van der Waals surface area contributed by atoms with E-state index in [2.05, 4.69) is 10.3 Å². The van der Waals surface area contributed by atoms with Crippen LogP contribution in [0.4, 0.5) is 0 Å². The molecule has 0 aliphatic heterocycles. The van der Waals surface area contributed by atoms with Gasteiger partial charge in [-0.15, -0.1) is 11.3 Å². The standard InChI is InChI=1S/C20H26N2O3S2/c1-13-7-9-16(10-8-13)18-21-14(2)17(26-18)15(3)22-19(23)20(27(4,24)25)11-5-6-12-20/h7-10,15H,5-6,11-12H2,1-4H3,(H,22,23). The summed E-state index contributed by atoms with van der Waals surface area (Å²) in [6.45, 7) is 5.86. The van der Waals surface area contributed by atoms with Crippen molar-refractivity contribution >= 4 is 27.1 Å². The van der Waals surface area contributed by atoms with Gasteiger partial charge in [0.2, 0.25) is 5.91 Å². The second-order valence-electron chi connectivity index (χ2n) is 7.50. The fourth-order valence-corrected chi connectivity index (χ4v) is 6.24. The van der Waals surface area contributed by atoms with E-state index in [9.17, 15) is 13.2 Å². The summed E-state index contributed by atoms with van der Waals surface area (Å²) in [7, 11) is -3.47. The number of aromatic nitrogens is 1. The topological polar surface area (TPSA) is 76.1 Å². The van der Waals surface area contributed by atoms with Crippen LogP contribution in [0, 0.1) is 13.8 Å². The Balaban J connectivity index is 1.83. The maximum absolute atomic E-state index is 12.9. The molecule has 1 saturated carbocycles. The molecule has 0 bridgehead atoms. The monoisotopic (exact) mass is 406 g/mol. The Morgan fingerprint density at radius 3 is 2.33 bits per heavy atom. The first kappa shape index (κ1) is 20.0. The molecular weight excluding hydrogens is 380 g/mol. The van der Waals surface area contributed by atoms with Crippen LogP contribution in [-0.2, 0) is 14.6 Å². The number of sulfone groups is 1. The number of hydrogen-bond acceptors (Lipinski definition) is 5. The molecular formula is C20H26N2O3S2. The number of amides is 1. The normalized spacial score (nSPS) is 17.6. The van der Waals surface area contributed by atoms with E-state index >= 15 is 0 Å². The first-order chi connectivity index (χ1) is 12.6. The smallest absolute Gasteiger partial charge is 0.241 e. The number of rotatable bonds is 5. The van der Waals surface area contributed by atoms with Crippen molar-refractivity contribution in [3.63, 3.8) is 0 Å². The van der Waals surface area contributed by atoms with Gasteiger partial charge in [-0.05, 0) is 33.6 Å². The molecule has 0 radical (unpaired) electrons. The van der Waals surface area contributed by atoms with Crippen LogP contribution in [0.2, 0.25) is 0 Å². The van der Waals surface area contributed by atoms with Gasteiger partial charge in [-0.25, -0.2) is 13.4 Å². The number of benzene rings is 1. The number of carbonyl (C=O) groups is 1. The molecule has 1 N–H and O–H groups in total. The van der Waals surface area contributed by atoms with Crippen LogP contribution in [0.3, 0.4) is 0 Å². The van der Waals surface area contributed by atoms with E-state index in [0.717, 1.165) is 34.0 Å². The zero-order valence-corrected chi connectivity index (χ0v) is 17.8. The average molecular weight is 407 g/mol. The van der Waals surface area contributed by atoms with E-state index in [1.165, 1.54) is 11.8 Å². The summed E-state index contributed by atoms with van der Waals surface area (Å²) < 4.78 is 23.4. The second-order valence-corrected chi connectivity index (χ2v) is 10.9. The number of nitrogens with zero attached hydrogens (tertiary/aromatic N) is 1. The Morgan fingerprint density at radius 1 is 1.19 bits per heavy atom. The van der Waals surface area contributed by atoms with Crippen LogP contribution in [0.25, 0.3) is 10.6 Å². The molecule has 1 heterocycles. The quantitative estimate of drug-likeness (QED) is 0.815. The van der Waals surface area contributed by atoms with Gasteiger partial charge in [-0.1, -0.05) is 42.7 Å². The molecule has 1 unspecified atom stereocenters. The lowest BCUT2D eigenvalue weighted by Crippen LogP contribution is -2.50. The third kappa shape index (κ3) is 3.80. The van der Waals surface area contributed by atoms with E-state index in [1.807, 2.05) is 45.0 Å². The van der Waals surface area contributed by atoms with Gasteiger partial charge >= 0.3 is 0 Å². The van der Waals surface area contributed by atoms with Gasteiger partial charge < -0.3 is 5.32 Å². The van der Waals surface area contributed by atoms with Gasteiger partial charge in [0.25, 0.3) is 0 Å². The highest BCUT2D eigenvalue weighted by Crippen LogP contribution is 2.38. The van der Waals surface area contributed by atoms with Gasteiger partial charge in [0.15, 0.2) is 9.84 Å². The van der Waals surface area contributed by atoms with Crippen LogP contribution in [0.5, 0.6) is 0 Å². The number of nitrogens with one attached hydrogen (secondary N) is 1.